The van der Waals surface area contributed by atoms with Crippen molar-refractivity contribution in [3.8, 4) is 0 Å². The molecule has 1 aromatic rings. The zero-order chi connectivity index (χ0) is 13.9. The number of halogens is 1. The number of rotatable bonds is 5. The first-order chi connectivity index (χ1) is 8.25. The molecule has 0 amide bonds. The van der Waals surface area contributed by atoms with Gasteiger partial charge < -0.3 is 4.98 Å². The fourth-order valence-corrected chi connectivity index (χ4v) is 2.74. The molecule has 1 aromatic heterocycles. The Kier molecular flexibility index (Phi) is 4.95. The highest BCUT2D eigenvalue weighted by Crippen LogP contribution is 2.16. The molecule has 0 radical (unpaired) electrons. The lowest BCUT2D eigenvalue weighted by atomic mass is 10.1. The Balaban J connectivity index is 2.98. The molecule has 0 spiro atoms. The SMILES string of the molecule is CC(C)CCN(C)S(=O)(=O)c1c[nH]c(=O)c(Cl)c1. The van der Waals surface area contributed by atoms with E-state index in [4.69, 9.17) is 11.6 Å². The van der Waals surface area contributed by atoms with Crippen molar-refractivity contribution in [3.63, 3.8) is 0 Å². The largest absolute Gasteiger partial charge is 0.326 e. The van der Waals surface area contributed by atoms with Gasteiger partial charge >= 0.3 is 0 Å². The summed E-state index contributed by atoms with van der Waals surface area (Å²) in [5.41, 5.74) is -0.500. The van der Waals surface area contributed by atoms with Crippen LogP contribution in [0.2, 0.25) is 5.02 Å². The highest BCUT2D eigenvalue weighted by molar-refractivity contribution is 7.89. The van der Waals surface area contributed by atoms with Crippen LogP contribution in [-0.4, -0.2) is 31.3 Å². The Hall–Kier alpha value is -0.850. The molecule has 0 aliphatic carbocycles. The third-order valence-corrected chi connectivity index (χ3v) is 4.68. The molecule has 7 heteroatoms. The monoisotopic (exact) mass is 292 g/mol. The maximum Gasteiger partial charge on any atom is 0.266 e. The Bertz CT molecular complexity index is 566. The minimum atomic E-state index is -3.60. The molecule has 0 saturated carbocycles. The summed E-state index contributed by atoms with van der Waals surface area (Å²) in [6.07, 6.45) is 1.93. The minimum absolute atomic E-state index is 0.00152. The lowest BCUT2D eigenvalue weighted by Crippen LogP contribution is -2.29. The van der Waals surface area contributed by atoms with Crippen LogP contribution in [0.5, 0.6) is 0 Å². The Morgan fingerprint density at radius 3 is 2.56 bits per heavy atom. The van der Waals surface area contributed by atoms with E-state index in [2.05, 4.69) is 4.98 Å². The number of aromatic nitrogens is 1. The zero-order valence-electron chi connectivity index (χ0n) is 10.6. The molecule has 0 saturated heterocycles. The van der Waals surface area contributed by atoms with Crippen LogP contribution in [-0.2, 0) is 10.0 Å². The summed E-state index contributed by atoms with van der Waals surface area (Å²) in [6, 6.07) is 1.17. The second-order valence-electron chi connectivity index (χ2n) is 4.52. The van der Waals surface area contributed by atoms with Gasteiger partial charge in [-0.25, -0.2) is 12.7 Å². The Morgan fingerprint density at radius 1 is 1.44 bits per heavy atom. The fourth-order valence-electron chi connectivity index (χ4n) is 1.33. The lowest BCUT2D eigenvalue weighted by molar-refractivity contribution is 0.428. The molecule has 0 atom stereocenters. The van der Waals surface area contributed by atoms with E-state index in [1.165, 1.54) is 17.4 Å². The van der Waals surface area contributed by atoms with Crippen LogP contribution in [0.25, 0.3) is 0 Å². The van der Waals surface area contributed by atoms with Crippen LogP contribution in [0, 0.1) is 5.92 Å². The maximum atomic E-state index is 12.2. The summed E-state index contributed by atoms with van der Waals surface area (Å²) in [6.45, 7) is 4.48. The molecule has 0 aromatic carbocycles. The van der Waals surface area contributed by atoms with Crippen molar-refractivity contribution in [1.29, 1.82) is 0 Å². The molecule has 18 heavy (non-hydrogen) atoms. The van der Waals surface area contributed by atoms with Crippen molar-refractivity contribution in [1.82, 2.24) is 9.29 Å². The molecule has 5 nitrogen and oxygen atoms in total. The quantitative estimate of drug-likeness (QED) is 0.898. The van der Waals surface area contributed by atoms with Gasteiger partial charge in [-0.3, -0.25) is 4.79 Å². The van der Waals surface area contributed by atoms with Gasteiger partial charge in [0.05, 0.1) is 4.90 Å². The zero-order valence-corrected chi connectivity index (χ0v) is 12.2. The van der Waals surface area contributed by atoms with Gasteiger partial charge in [0.2, 0.25) is 10.0 Å². The Labute approximate surface area is 112 Å². The molecule has 0 aliphatic heterocycles. The number of sulfonamides is 1. The summed E-state index contributed by atoms with van der Waals surface area (Å²) >= 11 is 5.63. The smallest absolute Gasteiger partial charge is 0.266 e. The minimum Gasteiger partial charge on any atom is -0.326 e. The van der Waals surface area contributed by atoms with Gasteiger partial charge in [0.25, 0.3) is 5.56 Å². The number of pyridine rings is 1. The topological polar surface area (TPSA) is 70.2 Å². The molecule has 0 fully saturated rings. The van der Waals surface area contributed by atoms with Crippen LogP contribution in [0.15, 0.2) is 22.0 Å². The van der Waals surface area contributed by atoms with Crippen LogP contribution in [0.4, 0.5) is 0 Å². The highest BCUT2D eigenvalue weighted by atomic mass is 35.5. The van der Waals surface area contributed by atoms with E-state index in [0.717, 1.165) is 12.6 Å². The van der Waals surface area contributed by atoms with Gasteiger partial charge in [0, 0.05) is 19.8 Å². The predicted octanol–water partition coefficient (Wildman–Crippen LogP) is 1.69. The Morgan fingerprint density at radius 2 is 2.06 bits per heavy atom. The second-order valence-corrected chi connectivity index (χ2v) is 6.97. The third-order valence-electron chi connectivity index (χ3n) is 2.56. The maximum absolute atomic E-state index is 12.2. The van der Waals surface area contributed by atoms with E-state index in [1.54, 1.807) is 0 Å². The number of nitrogens with one attached hydrogen (secondary N) is 1. The third kappa shape index (κ3) is 3.57. The predicted molar refractivity (Wildman–Crippen MR) is 71.3 cm³/mol. The van der Waals surface area contributed by atoms with E-state index < -0.39 is 15.6 Å². The molecular formula is C11H17ClN2O3S. The van der Waals surface area contributed by atoms with Crippen molar-refractivity contribution in [2.24, 2.45) is 5.92 Å². The van der Waals surface area contributed by atoms with Crippen molar-refractivity contribution in [2.75, 3.05) is 13.6 Å². The van der Waals surface area contributed by atoms with E-state index in [-0.39, 0.29) is 9.92 Å². The molecule has 1 N–H and O–H groups in total. The summed E-state index contributed by atoms with van der Waals surface area (Å²) in [5.74, 6) is 0.418. The molecule has 0 bridgehead atoms. The molecule has 102 valence electrons. The van der Waals surface area contributed by atoms with Crippen LogP contribution < -0.4 is 5.56 Å². The number of aromatic amines is 1. The van der Waals surface area contributed by atoms with Gasteiger partial charge in [-0.1, -0.05) is 25.4 Å². The van der Waals surface area contributed by atoms with Gasteiger partial charge in [-0.2, -0.15) is 0 Å². The molecular weight excluding hydrogens is 276 g/mol. The molecule has 1 heterocycles. The van der Waals surface area contributed by atoms with Gasteiger partial charge in [-0.05, 0) is 18.4 Å². The first kappa shape index (κ1) is 15.2. The van der Waals surface area contributed by atoms with E-state index in [9.17, 15) is 13.2 Å². The summed E-state index contributed by atoms with van der Waals surface area (Å²) < 4.78 is 25.6. The van der Waals surface area contributed by atoms with Gasteiger partial charge in [0.1, 0.15) is 5.02 Å². The van der Waals surface area contributed by atoms with Crippen molar-refractivity contribution >= 4 is 21.6 Å². The van der Waals surface area contributed by atoms with Crippen molar-refractivity contribution in [2.45, 2.75) is 25.2 Å². The average molecular weight is 293 g/mol. The normalized spacial score (nSPS) is 12.3. The van der Waals surface area contributed by atoms with E-state index in [1.807, 2.05) is 13.8 Å². The summed E-state index contributed by atoms with van der Waals surface area (Å²) in [7, 11) is -2.08. The van der Waals surface area contributed by atoms with Crippen molar-refractivity contribution in [3.05, 3.63) is 27.6 Å². The lowest BCUT2D eigenvalue weighted by Gasteiger charge is -2.18. The van der Waals surface area contributed by atoms with Crippen molar-refractivity contribution < 1.29 is 8.42 Å². The number of H-pyrrole nitrogens is 1. The number of hydrogen-bond donors (Lipinski definition) is 1. The van der Waals surface area contributed by atoms with E-state index in [0.29, 0.717) is 12.5 Å². The second kappa shape index (κ2) is 5.86. The van der Waals surface area contributed by atoms with Gasteiger partial charge in [-0.15, -0.1) is 0 Å². The standard InChI is InChI=1S/C11H17ClN2O3S/c1-8(2)4-5-14(3)18(16,17)9-6-10(12)11(15)13-7-9/h6-8H,4-5H2,1-3H3,(H,13,15). The van der Waals surface area contributed by atoms with Crippen LogP contribution >= 0.6 is 11.6 Å². The average Bonchev–Trinajstić information content (AvgIpc) is 2.29. The first-order valence-corrected chi connectivity index (χ1v) is 7.41. The summed E-state index contributed by atoms with van der Waals surface area (Å²) in [5, 5.41) is -0.131. The molecule has 1 rings (SSSR count). The number of nitrogens with zero attached hydrogens (tertiary/aromatic N) is 1. The number of hydrogen-bond acceptors (Lipinski definition) is 3. The van der Waals surface area contributed by atoms with Crippen LogP contribution in [0.3, 0.4) is 0 Å². The summed E-state index contributed by atoms with van der Waals surface area (Å²) in [4.78, 5) is 13.4. The first-order valence-electron chi connectivity index (χ1n) is 5.59. The van der Waals surface area contributed by atoms with Gasteiger partial charge in [0.15, 0.2) is 0 Å². The van der Waals surface area contributed by atoms with Crippen LogP contribution in [0.1, 0.15) is 20.3 Å². The molecule has 0 unspecified atom stereocenters. The highest BCUT2D eigenvalue weighted by Gasteiger charge is 2.21. The van der Waals surface area contributed by atoms with E-state index >= 15 is 0 Å². The molecule has 0 aliphatic rings. The fraction of sp³-hybridized carbons (Fsp3) is 0.545.